The van der Waals surface area contributed by atoms with E-state index >= 15 is 0 Å². The highest BCUT2D eigenvalue weighted by molar-refractivity contribution is 9.10. The SMILES string of the molecule is CC[C@H](C)NC(=O)C(C)(C)Nc1cc(Br)ccc1[N+](=O)[O-]. The fraction of sp³-hybridized carbons (Fsp3) is 0.500. The number of nitrogens with one attached hydrogen (secondary N) is 2. The van der Waals surface area contributed by atoms with Crippen LogP contribution in [0.5, 0.6) is 0 Å². The molecule has 0 aliphatic heterocycles. The van der Waals surface area contributed by atoms with Gasteiger partial charge in [-0.25, -0.2) is 0 Å². The Balaban J connectivity index is 3.00. The number of halogens is 1. The van der Waals surface area contributed by atoms with E-state index in [0.29, 0.717) is 10.2 Å². The highest BCUT2D eigenvalue weighted by atomic mass is 79.9. The maximum atomic E-state index is 12.2. The van der Waals surface area contributed by atoms with Gasteiger partial charge >= 0.3 is 0 Å². The van der Waals surface area contributed by atoms with Crippen LogP contribution in [0.1, 0.15) is 34.1 Å². The van der Waals surface area contributed by atoms with Crippen LogP contribution in [0.2, 0.25) is 0 Å². The largest absolute Gasteiger partial charge is 0.366 e. The summed E-state index contributed by atoms with van der Waals surface area (Å²) in [5.74, 6) is -0.203. The van der Waals surface area contributed by atoms with Crippen molar-refractivity contribution >= 4 is 33.2 Å². The van der Waals surface area contributed by atoms with E-state index in [2.05, 4.69) is 26.6 Å². The van der Waals surface area contributed by atoms with Crippen LogP contribution >= 0.6 is 15.9 Å². The number of hydrogen-bond acceptors (Lipinski definition) is 4. The molecule has 2 N–H and O–H groups in total. The van der Waals surface area contributed by atoms with E-state index in [1.165, 1.54) is 6.07 Å². The molecule has 0 radical (unpaired) electrons. The first-order valence-electron chi connectivity index (χ1n) is 6.70. The number of nitrogens with zero attached hydrogens (tertiary/aromatic N) is 1. The van der Waals surface area contributed by atoms with Crippen LogP contribution in [0.15, 0.2) is 22.7 Å². The molecule has 0 saturated carbocycles. The third-order valence-corrected chi connectivity index (χ3v) is 3.65. The molecular weight excluding hydrogens is 338 g/mol. The third-order valence-electron chi connectivity index (χ3n) is 3.16. The predicted molar refractivity (Wildman–Crippen MR) is 86.4 cm³/mol. The summed E-state index contributed by atoms with van der Waals surface area (Å²) in [6.07, 6.45) is 0.818. The summed E-state index contributed by atoms with van der Waals surface area (Å²) in [6.45, 7) is 7.27. The molecule has 1 aromatic carbocycles. The van der Waals surface area contributed by atoms with Crippen molar-refractivity contribution in [3.05, 3.63) is 32.8 Å². The molecule has 0 aliphatic rings. The zero-order chi connectivity index (χ0) is 16.2. The minimum absolute atomic E-state index is 0.0519. The van der Waals surface area contributed by atoms with Gasteiger partial charge in [-0.15, -0.1) is 0 Å². The van der Waals surface area contributed by atoms with Gasteiger partial charge in [0.05, 0.1) is 4.92 Å². The van der Waals surface area contributed by atoms with E-state index in [1.54, 1.807) is 26.0 Å². The molecule has 0 saturated heterocycles. The molecule has 0 spiro atoms. The molecule has 0 heterocycles. The lowest BCUT2D eigenvalue weighted by Gasteiger charge is -2.28. The molecule has 21 heavy (non-hydrogen) atoms. The van der Waals surface area contributed by atoms with Gasteiger partial charge in [-0.3, -0.25) is 14.9 Å². The van der Waals surface area contributed by atoms with Gasteiger partial charge in [-0.2, -0.15) is 0 Å². The molecule has 1 aromatic rings. The highest BCUT2D eigenvalue weighted by Gasteiger charge is 2.30. The zero-order valence-corrected chi connectivity index (χ0v) is 14.2. The first-order valence-corrected chi connectivity index (χ1v) is 7.49. The number of nitro benzene ring substituents is 1. The van der Waals surface area contributed by atoms with E-state index in [1.807, 2.05) is 13.8 Å². The molecule has 7 heteroatoms. The van der Waals surface area contributed by atoms with Crippen LogP contribution in [0.25, 0.3) is 0 Å². The topological polar surface area (TPSA) is 84.3 Å². The second-order valence-electron chi connectivity index (χ2n) is 5.45. The summed E-state index contributed by atoms with van der Waals surface area (Å²) in [5.41, 5.74) is -0.726. The first kappa shape index (κ1) is 17.4. The molecular formula is C14H20BrN3O3. The van der Waals surface area contributed by atoms with Gasteiger partial charge in [0.25, 0.3) is 5.69 Å². The number of carbonyl (C=O) groups is 1. The monoisotopic (exact) mass is 357 g/mol. The van der Waals surface area contributed by atoms with Crippen molar-refractivity contribution in [3.63, 3.8) is 0 Å². The lowest BCUT2D eigenvalue weighted by Crippen LogP contribution is -2.50. The van der Waals surface area contributed by atoms with Gasteiger partial charge in [0, 0.05) is 16.6 Å². The molecule has 1 amide bonds. The summed E-state index contributed by atoms with van der Waals surface area (Å²) in [5, 5.41) is 16.9. The first-order chi connectivity index (χ1) is 9.67. The van der Waals surface area contributed by atoms with Gasteiger partial charge in [0.1, 0.15) is 11.2 Å². The van der Waals surface area contributed by atoms with E-state index in [9.17, 15) is 14.9 Å². The Morgan fingerprint density at radius 2 is 2.10 bits per heavy atom. The smallest absolute Gasteiger partial charge is 0.292 e. The normalized spacial score (nSPS) is 12.6. The van der Waals surface area contributed by atoms with Crippen LogP contribution in [0.4, 0.5) is 11.4 Å². The van der Waals surface area contributed by atoms with Crippen LogP contribution in [0.3, 0.4) is 0 Å². The summed E-state index contributed by atoms with van der Waals surface area (Å²) >= 11 is 3.28. The highest BCUT2D eigenvalue weighted by Crippen LogP contribution is 2.30. The maximum absolute atomic E-state index is 12.2. The number of carbonyl (C=O) groups excluding carboxylic acids is 1. The van der Waals surface area contributed by atoms with Gasteiger partial charge in [-0.05, 0) is 39.3 Å². The molecule has 0 bridgehead atoms. The van der Waals surface area contributed by atoms with Crippen LogP contribution in [-0.2, 0) is 4.79 Å². The van der Waals surface area contributed by atoms with Crippen LogP contribution < -0.4 is 10.6 Å². The van der Waals surface area contributed by atoms with Crippen molar-refractivity contribution in [2.75, 3.05) is 5.32 Å². The molecule has 1 rings (SSSR count). The quantitative estimate of drug-likeness (QED) is 0.603. The Labute approximate surface area is 132 Å². The number of nitro groups is 1. The van der Waals surface area contributed by atoms with Crippen molar-refractivity contribution in [2.24, 2.45) is 0 Å². The van der Waals surface area contributed by atoms with E-state index in [-0.39, 0.29) is 17.6 Å². The Kier molecular flexibility index (Phi) is 5.71. The molecule has 0 fully saturated rings. The minimum atomic E-state index is -0.963. The second kappa shape index (κ2) is 6.89. The van der Waals surface area contributed by atoms with Crippen LogP contribution in [-0.4, -0.2) is 22.4 Å². The number of hydrogen-bond donors (Lipinski definition) is 2. The van der Waals surface area contributed by atoms with Crippen molar-refractivity contribution in [2.45, 2.75) is 45.7 Å². The van der Waals surface area contributed by atoms with E-state index < -0.39 is 10.5 Å². The number of anilines is 1. The van der Waals surface area contributed by atoms with E-state index in [0.717, 1.165) is 6.42 Å². The third kappa shape index (κ3) is 4.70. The fourth-order valence-electron chi connectivity index (χ4n) is 1.67. The molecule has 6 nitrogen and oxygen atoms in total. The summed E-state index contributed by atoms with van der Waals surface area (Å²) in [4.78, 5) is 22.8. The molecule has 116 valence electrons. The Morgan fingerprint density at radius 3 is 2.62 bits per heavy atom. The number of benzene rings is 1. The van der Waals surface area contributed by atoms with Crippen molar-refractivity contribution in [3.8, 4) is 0 Å². The average Bonchev–Trinajstić information content (AvgIpc) is 2.37. The van der Waals surface area contributed by atoms with Crippen molar-refractivity contribution < 1.29 is 9.72 Å². The Morgan fingerprint density at radius 1 is 1.48 bits per heavy atom. The lowest BCUT2D eigenvalue weighted by molar-refractivity contribution is -0.384. The molecule has 0 unspecified atom stereocenters. The van der Waals surface area contributed by atoms with Gasteiger partial charge in [-0.1, -0.05) is 22.9 Å². The Bertz CT molecular complexity index is 546. The molecule has 0 aromatic heterocycles. The minimum Gasteiger partial charge on any atom is -0.366 e. The number of rotatable bonds is 6. The lowest BCUT2D eigenvalue weighted by atomic mass is 10.0. The van der Waals surface area contributed by atoms with Crippen molar-refractivity contribution in [1.29, 1.82) is 0 Å². The summed E-state index contributed by atoms with van der Waals surface area (Å²) in [6, 6.07) is 4.64. The summed E-state index contributed by atoms with van der Waals surface area (Å²) in [7, 11) is 0. The summed E-state index contributed by atoms with van der Waals surface area (Å²) < 4.78 is 0.703. The zero-order valence-electron chi connectivity index (χ0n) is 12.6. The maximum Gasteiger partial charge on any atom is 0.292 e. The molecule has 0 aliphatic carbocycles. The molecule has 1 atom stereocenters. The van der Waals surface area contributed by atoms with Gasteiger partial charge in [0.15, 0.2) is 0 Å². The van der Waals surface area contributed by atoms with E-state index in [4.69, 9.17) is 0 Å². The van der Waals surface area contributed by atoms with Gasteiger partial charge in [0.2, 0.25) is 5.91 Å². The number of amides is 1. The Hall–Kier alpha value is -1.63. The van der Waals surface area contributed by atoms with Gasteiger partial charge < -0.3 is 10.6 Å². The second-order valence-corrected chi connectivity index (χ2v) is 6.37. The standard InChI is InChI=1S/C14H20BrN3O3/c1-5-9(2)16-13(19)14(3,4)17-11-8-10(15)6-7-12(11)18(20)21/h6-9,17H,5H2,1-4H3,(H,16,19)/t9-/m0/s1. The predicted octanol–water partition coefficient (Wildman–Crippen LogP) is 3.46. The van der Waals surface area contributed by atoms with Crippen molar-refractivity contribution in [1.82, 2.24) is 5.32 Å². The average molecular weight is 358 g/mol. The fourth-order valence-corrected chi connectivity index (χ4v) is 2.03. The van der Waals surface area contributed by atoms with Crippen LogP contribution in [0, 0.1) is 10.1 Å².